The molecule has 3 aromatic rings. The first-order valence-corrected chi connectivity index (χ1v) is 14.4. The molecule has 0 atom stereocenters. The summed E-state index contributed by atoms with van der Waals surface area (Å²) >= 11 is 0. The van der Waals surface area contributed by atoms with Crippen LogP contribution in [0.5, 0.6) is 0 Å². The molecule has 0 saturated carbocycles. The number of nitrogens with zero attached hydrogens (tertiary/aromatic N) is 5. The molecule has 11 heteroatoms. The molecular formula is C31H39N9O2. The van der Waals surface area contributed by atoms with Crippen LogP contribution in [0.25, 0.3) is 0 Å². The van der Waals surface area contributed by atoms with Gasteiger partial charge in [-0.25, -0.2) is 9.97 Å². The van der Waals surface area contributed by atoms with Crippen molar-refractivity contribution in [3.05, 3.63) is 72.6 Å². The molecule has 0 unspecified atom stereocenters. The van der Waals surface area contributed by atoms with E-state index in [1.807, 2.05) is 12.1 Å². The van der Waals surface area contributed by atoms with Gasteiger partial charge in [0.2, 0.25) is 5.95 Å². The summed E-state index contributed by atoms with van der Waals surface area (Å²) in [6.07, 6.45) is 8.16. The third kappa shape index (κ3) is 6.85. The number of hydrogen-bond acceptors (Lipinski definition) is 9. The molecule has 0 radical (unpaired) electrons. The van der Waals surface area contributed by atoms with Crippen molar-refractivity contribution >= 4 is 40.8 Å². The summed E-state index contributed by atoms with van der Waals surface area (Å²) in [6, 6.07) is 13.3. The van der Waals surface area contributed by atoms with Crippen molar-refractivity contribution in [3.8, 4) is 0 Å². The SMILES string of the molecule is C=CCNC(=O)c1cnc(Nc2ccc(N3CCC4(CCN(C)CC4)CC3)cc2)nc1Nc1cccc(C(=O)NC)n1. The van der Waals surface area contributed by atoms with Crippen LogP contribution in [0.3, 0.4) is 0 Å². The largest absolute Gasteiger partial charge is 0.371 e. The number of aromatic nitrogens is 3. The molecule has 1 aromatic carbocycles. The van der Waals surface area contributed by atoms with Crippen LogP contribution in [0.15, 0.2) is 61.3 Å². The van der Waals surface area contributed by atoms with Crippen LogP contribution >= 0.6 is 0 Å². The fourth-order valence-electron chi connectivity index (χ4n) is 5.56. The van der Waals surface area contributed by atoms with E-state index in [1.54, 1.807) is 31.3 Å². The predicted molar refractivity (Wildman–Crippen MR) is 166 cm³/mol. The van der Waals surface area contributed by atoms with Crippen LogP contribution in [0.2, 0.25) is 0 Å². The summed E-state index contributed by atoms with van der Waals surface area (Å²) in [5, 5.41) is 11.6. The molecule has 4 N–H and O–H groups in total. The zero-order chi connectivity index (χ0) is 29.5. The van der Waals surface area contributed by atoms with Crippen molar-refractivity contribution in [2.24, 2.45) is 5.41 Å². The second kappa shape index (κ2) is 13.0. The monoisotopic (exact) mass is 569 g/mol. The Bertz CT molecular complexity index is 1410. The molecule has 42 heavy (non-hydrogen) atoms. The molecule has 2 saturated heterocycles. The molecule has 11 nitrogen and oxygen atoms in total. The smallest absolute Gasteiger partial charge is 0.269 e. The van der Waals surface area contributed by atoms with Gasteiger partial charge in [-0.15, -0.1) is 6.58 Å². The standard InChI is InChI=1S/C31H39N9O2/c1-4-16-33-28(41)24-21-34-30(38-27(24)37-26-7-5-6-25(36-26)29(42)32-2)35-22-8-10-23(11-9-22)40-19-14-31(15-20-40)12-17-39(3)18-13-31/h4-11,21H,1,12-20H2,2-3H3,(H,32,42)(H,33,41)(H2,34,35,36,37,38). The van der Waals surface area contributed by atoms with Gasteiger partial charge in [0.15, 0.2) is 0 Å². The van der Waals surface area contributed by atoms with Gasteiger partial charge in [-0.3, -0.25) is 9.59 Å². The lowest BCUT2D eigenvalue weighted by Crippen LogP contribution is -2.46. The van der Waals surface area contributed by atoms with E-state index in [-0.39, 0.29) is 28.9 Å². The minimum absolute atomic E-state index is 0.234. The maximum atomic E-state index is 12.8. The predicted octanol–water partition coefficient (Wildman–Crippen LogP) is 3.95. The van der Waals surface area contributed by atoms with Gasteiger partial charge in [0.05, 0.1) is 0 Å². The highest BCUT2D eigenvalue weighted by Crippen LogP contribution is 2.42. The first kappa shape index (κ1) is 29.0. The number of pyridine rings is 1. The van der Waals surface area contributed by atoms with Gasteiger partial charge >= 0.3 is 0 Å². The Morgan fingerprint density at radius 1 is 0.952 bits per heavy atom. The summed E-state index contributed by atoms with van der Waals surface area (Å²) in [5.74, 6) is 0.256. The van der Waals surface area contributed by atoms with Crippen LogP contribution in [0.4, 0.5) is 29.0 Å². The van der Waals surface area contributed by atoms with E-state index in [0.717, 1.165) is 18.8 Å². The lowest BCUT2D eigenvalue weighted by atomic mass is 9.71. The Morgan fingerprint density at radius 2 is 1.67 bits per heavy atom. The van der Waals surface area contributed by atoms with E-state index in [2.05, 4.69) is 71.8 Å². The molecule has 5 rings (SSSR count). The van der Waals surface area contributed by atoms with Gasteiger partial charge in [-0.05, 0) is 87.6 Å². The van der Waals surface area contributed by atoms with Gasteiger partial charge in [-0.1, -0.05) is 12.1 Å². The minimum Gasteiger partial charge on any atom is -0.371 e. The van der Waals surface area contributed by atoms with Crippen molar-refractivity contribution < 1.29 is 9.59 Å². The quantitative estimate of drug-likeness (QED) is 0.283. The van der Waals surface area contributed by atoms with Gasteiger partial charge in [-0.2, -0.15) is 4.98 Å². The van der Waals surface area contributed by atoms with Crippen LogP contribution in [0, 0.1) is 5.41 Å². The first-order chi connectivity index (χ1) is 20.4. The minimum atomic E-state index is -0.362. The second-order valence-electron chi connectivity index (χ2n) is 11.0. The molecule has 2 aliphatic heterocycles. The Morgan fingerprint density at radius 3 is 2.36 bits per heavy atom. The Kier molecular flexibility index (Phi) is 8.97. The summed E-state index contributed by atoms with van der Waals surface area (Å²) in [5.41, 5.74) is 3.03. The third-order valence-corrected chi connectivity index (χ3v) is 8.26. The highest BCUT2D eigenvalue weighted by atomic mass is 16.2. The third-order valence-electron chi connectivity index (χ3n) is 8.26. The maximum Gasteiger partial charge on any atom is 0.269 e. The number of carbonyl (C=O) groups excluding carboxylic acids is 2. The van der Waals surface area contributed by atoms with E-state index in [1.165, 1.54) is 50.7 Å². The number of amides is 2. The zero-order valence-electron chi connectivity index (χ0n) is 24.3. The topological polar surface area (TPSA) is 127 Å². The van der Waals surface area contributed by atoms with E-state index >= 15 is 0 Å². The fourth-order valence-corrected chi connectivity index (χ4v) is 5.56. The number of hydrogen-bond donors (Lipinski definition) is 4. The lowest BCUT2D eigenvalue weighted by molar-refractivity contribution is 0.0944. The zero-order valence-corrected chi connectivity index (χ0v) is 24.3. The van der Waals surface area contributed by atoms with E-state index in [0.29, 0.717) is 23.7 Å². The van der Waals surface area contributed by atoms with Crippen LogP contribution in [0.1, 0.15) is 46.5 Å². The number of likely N-dealkylation sites (tertiary alicyclic amines) is 1. The number of nitrogens with one attached hydrogen (secondary N) is 4. The highest BCUT2D eigenvalue weighted by Gasteiger charge is 2.36. The molecule has 0 aliphatic carbocycles. The van der Waals surface area contributed by atoms with Crippen LogP contribution in [-0.4, -0.2) is 78.5 Å². The second-order valence-corrected chi connectivity index (χ2v) is 11.0. The van der Waals surface area contributed by atoms with Crippen molar-refractivity contribution in [3.63, 3.8) is 0 Å². The first-order valence-electron chi connectivity index (χ1n) is 14.4. The maximum absolute atomic E-state index is 12.8. The molecule has 220 valence electrons. The lowest BCUT2D eigenvalue weighted by Gasteiger charge is -2.46. The molecular weight excluding hydrogens is 530 g/mol. The molecule has 0 bridgehead atoms. The number of carbonyl (C=O) groups is 2. The Labute approximate surface area is 246 Å². The van der Waals surface area contributed by atoms with Crippen LogP contribution in [-0.2, 0) is 0 Å². The summed E-state index contributed by atoms with van der Waals surface area (Å²) in [7, 11) is 3.76. The molecule has 2 fully saturated rings. The van der Waals surface area contributed by atoms with E-state index < -0.39 is 0 Å². The summed E-state index contributed by atoms with van der Waals surface area (Å²) in [6.45, 7) is 8.52. The fraction of sp³-hybridized carbons (Fsp3) is 0.387. The molecule has 1 spiro atoms. The van der Waals surface area contributed by atoms with Gasteiger partial charge in [0.25, 0.3) is 11.8 Å². The van der Waals surface area contributed by atoms with Crippen LogP contribution < -0.4 is 26.2 Å². The Hall–Kier alpha value is -4.51. The summed E-state index contributed by atoms with van der Waals surface area (Å²) < 4.78 is 0. The summed E-state index contributed by atoms with van der Waals surface area (Å²) in [4.78, 5) is 43.1. The number of piperidine rings is 2. The normalized spacial score (nSPS) is 16.5. The van der Waals surface area contributed by atoms with Crippen molar-refractivity contribution in [1.82, 2.24) is 30.5 Å². The highest BCUT2D eigenvalue weighted by molar-refractivity contribution is 5.99. The van der Waals surface area contributed by atoms with Crippen molar-refractivity contribution in [2.45, 2.75) is 25.7 Å². The average Bonchev–Trinajstić information content (AvgIpc) is 3.02. The Balaban J connectivity index is 1.29. The number of anilines is 5. The van der Waals surface area contributed by atoms with E-state index in [4.69, 9.17) is 0 Å². The molecule has 4 heterocycles. The number of benzene rings is 1. The van der Waals surface area contributed by atoms with Gasteiger partial charge in [0, 0.05) is 44.3 Å². The average molecular weight is 570 g/mol. The molecule has 2 amide bonds. The number of rotatable bonds is 9. The van der Waals surface area contributed by atoms with E-state index in [9.17, 15) is 9.59 Å². The molecule has 2 aliphatic rings. The van der Waals surface area contributed by atoms with Crippen molar-refractivity contribution in [2.75, 3.05) is 62.4 Å². The van der Waals surface area contributed by atoms with Gasteiger partial charge < -0.3 is 31.1 Å². The van der Waals surface area contributed by atoms with Crippen molar-refractivity contribution in [1.29, 1.82) is 0 Å². The molecule has 2 aromatic heterocycles. The van der Waals surface area contributed by atoms with Gasteiger partial charge in [0.1, 0.15) is 22.9 Å².